The highest BCUT2D eigenvalue weighted by atomic mass is 32.2. The van der Waals surface area contributed by atoms with Gasteiger partial charge in [-0.25, -0.2) is 23.2 Å². The molecule has 2 aromatic rings. The number of fused-ring (bicyclic) bond motifs is 1. The zero-order chi connectivity index (χ0) is 25.9. The highest BCUT2D eigenvalue weighted by Gasteiger charge is 2.40. The lowest BCUT2D eigenvalue weighted by atomic mass is 10.1. The van der Waals surface area contributed by atoms with E-state index in [-0.39, 0.29) is 18.9 Å². The van der Waals surface area contributed by atoms with Crippen LogP contribution in [0.1, 0.15) is 12.8 Å². The number of rotatable bonds is 9. The number of aromatic nitrogens is 3. The first-order valence-corrected chi connectivity index (χ1v) is 16.6. The first kappa shape index (κ1) is 27.4. The average Bonchev–Trinajstić information content (AvgIpc) is 3.11. The van der Waals surface area contributed by atoms with Crippen molar-refractivity contribution in [3.8, 4) is 0 Å². The lowest BCUT2D eigenvalue weighted by Gasteiger charge is -2.32. The molecular formula is C20H31F3N6O4SSi. The van der Waals surface area contributed by atoms with Crippen LogP contribution in [-0.2, 0) is 21.5 Å². The number of anilines is 1. The minimum Gasteiger partial charge on any atom is -0.361 e. The van der Waals surface area contributed by atoms with E-state index in [4.69, 9.17) is 4.74 Å². The van der Waals surface area contributed by atoms with Crippen molar-refractivity contribution >= 4 is 41.1 Å². The summed E-state index contributed by atoms with van der Waals surface area (Å²) in [7, 11) is -5.68. The van der Waals surface area contributed by atoms with Gasteiger partial charge in [0.1, 0.15) is 12.2 Å². The molecule has 0 aromatic carbocycles. The number of carbonyl (C=O) groups excluding carboxylic acids is 1. The van der Waals surface area contributed by atoms with Crippen LogP contribution in [0.5, 0.6) is 0 Å². The summed E-state index contributed by atoms with van der Waals surface area (Å²) in [4.78, 5) is 21.1. The van der Waals surface area contributed by atoms with Crippen LogP contribution >= 0.6 is 0 Å². The van der Waals surface area contributed by atoms with Gasteiger partial charge < -0.3 is 14.6 Å². The fourth-order valence-electron chi connectivity index (χ4n) is 3.62. The molecule has 0 radical (unpaired) electrons. The van der Waals surface area contributed by atoms with E-state index in [1.807, 2.05) is 4.57 Å². The Labute approximate surface area is 203 Å². The summed E-state index contributed by atoms with van der Waals surface area (Å²) in [5, 5.41) is 5.15. The minimum atomic E-state index is -4.83. The molecule has 196 valence electrons. The molecule has 2 amide bonds. The van der Waals surface area contributed by atoms with Gasteiger partial charge in [0.25, 0.3) is 0 Å². The largest absolute Gasteiger partial charge is 0.404 e. The number of sulfonamides is 1. The lowest BCUT2D eigenvalue weighted by molar-refractivity contribution is -0.107. The van der Waals surface area contributed by atoms with Crippen molar-refractivity contribution in [1.82, 2.24) is 24.2 Å². The second-order valence-corrected chi connectivity index (χ2v) is 17.4. The summed E-state index contributed by atoms with van der Waals surface area (Å²) in [6, 6.07) is 1.52. The number of nitrogens with one attached hydrogen (secondary N) is 2. The molecule has 1 saturated heterocycles. The maximum atomic E-state index is 12.6. The van der Waals surface area contributed by atoms with Crippen LogP contribution in [0.25, 0.3) is 11.2 Å². The molecule has 3 heterocycles. The predicted octanol–water partition coefficient (Wildman–Crippen LogP) is 3.22. The van der Waals surface area contributed by atoms with Gasteiger partial charge in [0, 0.05) is 40.0 Å². The Bertz CT molecular complexity index is 1140. The zero-order valence-electron chi connectivity index (χ0n) is 19.9. The molecule has 1 aliphatic heterocycles. The van der Waals surface area contributed by atoms with Gasteiger partial charge in [-0.15, -0.1) is 0 Å². The predicted molar refractivity (Wildman–Crippen MR) is 128 cm³/mol. The lowest BCUT2D eigenvalue weighted by Crippen LogP contribution is -2.51. The van der Waals surface area contributed by atoms with Crippen molar-refractivity contribution in [2.24, 2.45) is 0 Å². The Balaban J connectivity index is 1.54. The molecule has 35 heavy (non-hydrogen) atoms. The monoisotopic (exact) mass is 536 g/mol. The van der Waals surface area contributed by atoms with E-state index >= 15 is 0 Å². The van der Waals surface area contributed by atoms with Crippen molar-refractivity contribution in [1.29, 1.82) is 0 Å². The number of ether oxygens (including phenoxy) is 1. The van der Waals surface area contributed by atoms with E-state index in [1.165, 1.54) is 6.20 Å². The number of alkyl halides is 3. The van der Waals surface area contributed by atoms with Gasteiger partial charge in [0.2, 0.25) is 10.0 Å². The van der Waals surface area contributed by atoms with Crippen LogP contribution in [0, 0.1) is 0 Å². The summed E-state index contributed by atoms with van der Waals surface area (Å²) < 4.78 is 70.1. The number of halogens is 3. The molecule has 1 atom stereocenters. The number of carbonyl (C=O) groups is 1. The number of urea groups is 1. The van der Waals surface area contributed by atoms with E-state index in [1.54, 1.807) is 12.3 Å². The molecule has 1 aliphatic rings. The van der Waals surface area contributed by atoms with Crippen molar-refractivity contribution < 1.29 is 31.1 Å². The Morgan fingerprint density at radius 3 is 2.74 bits per heavy atom. The molecule has 2 aromatic heterocycles. The molecule has 1 unspecified atom stereocenters. The molecule has 0 bridgehead atoms. The van der Waals surface area contributed by atoms with Crippen LogP contribution in [0.3, 0.4) is 0 Å². The third-order valence-corrected chi connectivity index (χ3v) is 8.91. The van der Waals surface area contributed by atoms with E-state index in [9.17, 15) is 26.4 Å². The SMILES string of the molecule is C[Si](C)(C)CCOCn1ccc2nc(NC(=O)NC3CCCN(S(=O)(=O)CC(F)(F)F)C3)cnc21. The zero-order valence-corrected chi connectivity index (χ0v) is 21.7. The summed E-state index contributed by atoms with van der Waals surface area (Å²) in [5.41, 5.74) is 1.15. The molecule has 10 nitrogen and oxygen atoms in total. The van der Waals surface area contributed by atoms with E-state index in [0.717, 1.165) is 10.3 Å². The van der Waals surface area contributed by atoms with Crippen molar-refractivity contribution in [2.45, 2.75) is 57.5 Å². The van der Waals surface area contributed by atoms with Crippen LogP contribution in [0.15, 0.2) is 18.5 Å². The molecule has 1 fully saturated rings. The summed E-state index contributed by atoms with van der Waals surface area (Å²) in [6.07, 6.45) is -0.868. The second kappa shape index (κ2) is 10.8. The number of hydrogen-bond donors (Lipinski definition) is 2. The second-order valence-electron chi connectivity index (χ2n) is 9.76. The van der Waals surface area contributed by atoms with Gasteiger partial charge in [0.15, 0.2) is 17.2 Å². The van der Waals surface area contributed by atoms with Crippen molar-refractivity contribution in [2.75, 3.05) is 30.8 Å². The summed E-state index contributed by atoms with van der Waals surface area (Å²) >= 11 is 0. The van der Waals surface area contributed by atoms with E-state index in [0.29, 0.717) is 37.3 Å². The molecule has 0 spiro atoms. The molecule has 15 heteroatoms. The van der Waals surface area contributed by atoms with Crippen LogP contribution < -0.4 is 10.6 Å². The molecule has 0 saturated carbocycles. The quantitative estimate of drug-likeness (QED) is 0.375. The van der Waals surface area contributed by atoms with Crippen LogP contribution in [0.4, 0.5) is 23.8 Å². The third kappa shape index (κ3) is 8.43. The smallest absolute Gasteiger partial charge is 0.361 e. The molecule has 0 aliphatic carbocycles. The van der Waals surface area contributed by atoms with Crippen LogP contribution in [-0.4, -0.2) is 79.0 Å². The number of hydrogen-bond acceptors (Lipinski definition) is 6. The van der Waals surface area contributed by atoms with Gasteiger partial charge in [-0.2, -0.15) is 17.5 Å². The standard InChI is InChI=1S/C20H31F3N6O4SSi/c1-35(2,3)10-9-33-14-28-8-6-16-18(28)24-11-17(26-16)27-19(30)25-15-5-4-7-29(12-15)34(31,32)13-20(21,22)23/h6,8,11,15H,4-5,7,9-10,12-14H2,1-3H3,(H2,25,26,27,30). The summed E-state index contributed by atoms with van der Waals surface area (Å²) in [6.45, 7) is 7.59. The number of nitrogens with zero attached hydrogens (tertiary/aromatic N) is 4. The van der Waals surface area contributed by atoms with E-state index in [2.05, 4.69) is 40.2 Å². The topological polar surface area (TPSA) is 118 Å². The Morgan fingerprint density at radius 2 is 2.06 bits per heavy atom. The highest BCUT2D eigenvalue weighted by molar-refractivity contribution is 7.89. The Morgan fingerprint density at radius 1 is 1.31 bits per heavy atom. The number of amides is 2. The van der Waals surface area contributed by atoms with Crippen molar-refractivity contribution in [3.05, 3.63) is 18.5 Å². The maximum Gasteiger partial charge on any atom is 0.404 e. The first-order valence-electron chi connectivity index (χ1n) is 11.2. The average molecular weight is 537 g/mol. The fraction of sp³-hybridized carbons (Fsp3) is 0.650. The van der Waals surface area contributed by atoms with Gasteiger partial charge >= 0.3 is 12.2 Å². The maximum absolute atomic E-state index is 12.6. The number of piperidine rings is 1. The van der Waals surface area contributed by atoms with Gasteiger partial charge in [-0.1, -0.05) is 19.6 Å². The van der Waals surface area contributed by atoms with Gasteiger partial charge in [-0.3, -0.25) is 5.32 Å². The first-order chi connectivity index (χ1) is 16.2. The Hall–Kier alpha value is -2.23. The van der Waals surface area contributed by atoms with Crippen LogP contribution in [0.2, 0.25) is 25.7 Å². The normalized spacial score (nSPS) is 18.1. The van der Waals surface area contributed by atoms with Gasteiger partial charge in [-0.05, 0) is 25.0 Å². The fourth-order valence-corrected chi connectivity index (χ4v) is 5.78. The van der Waals surface area contributed by atoms with Crippen molar-refractivity contribution in [3.63, 3.8) is 0 Å². The molecule has 3 rings (SSSR count). The minimum absolute atomic E-state index is 0.0147. The van der Waals surface area contributed by atoms with E-state index < -0.39 is 42.1 Å². The van der Waals surface area contributed by atoms with Gasteiger partial charge in [0.05, 0.1) is 6.20 Å². The highest BCUT2D eigenvalue weighted by Crippen LogP contribution is 2.22. The molecular weight excluding hydrogens is 505 g/mol. The summed E-state index contributed by atoms with van der Waals surface area (Å²) in [5.74, 6) is -1.73. The Kier molecular flexibility index (Phi) is 8.44. The third-order valence-electron chi connectivity index (χ3n) is 5.39. The molecule has 2 N–H and O–H groups in total.